The first kappa shape index (κ1) is 10.5. The van der Waals surface area contributed by atoms with Crippen LogP contribution in [0.5, 0.6) is 11.5 Å². The zero-order chi connectivity index (χ0) is 11.5. The molecule has 4 heteroatoms. The van der Waals surface area contributed by atoms with E-state index >= 15 is 0 Å². The highest BCUT2D eigenvalue weighted by Crippen LogP contribution is 2.36. The average molecular weight is 217 g/mol. The first-order chi connectivity index (χ1) is 7.76. The van der Waals surface area contributed by atoms with E-state index in [1.165, 1.54) is 0 Å². The molecule has 16 heavy (non-hydrogen) atoms. The van der Waals surface area contributed by atoms with Gasteiger partial charge in [-0.05, 0) is 18.2 Å². The predicted molar refractivity (Wildman–Crippen MR) is 60.6 cm³/mol. The molecule has 83 valence electrons. The Bertz CT molecular complexity index is 492. The number of ether oxygens (including phenoxy) is 2. The van der Waals surface area contributed by atoms with Crippen molar-refractivity contribution in [3.63, 3.8) is 0 Å². The predicted octanol–water partition coefficient (Wildman–Crippen LogP) is 1.90. The fourth-order valence-corrected chi connectivity index (χ4v) is 1.59. The Balaban J connectivity index is 2.56. The Morgan fingerprint density at radius 2 is 2.06 bits per heavy atom. The van der Waals surface area contributed by atoms with Crippen LogP contribution in [0.2, 0.25) is 0 Å². The normalized spacial score (nSPS) is 10.2. The minimum absolute atomic E-state index is 0.692. The molecule has 0 saturated carbocycles. The van der Waals surface area contributed by atoms with Crippen LogP contribution in [0.3, 0.4) is 0 Å². The van der Waals surface area contributed by atoms with Gasteiger partial charge in [-0.15, -0.1) is 0 Å². The van der Waals surface area contributed by atoms with Crippen LogP contribution in [0, 0.1) is 6.20 Å². The molecule has 0 unspecified atom stereocenters. The Morgan fingerprint density at radius 1 is 1.25 bits per heavy atom. The average Bonchev–Trinajstić information content (AvgIpc) is 2.74. The van der Waals surface area contributed by atoms with E-state index in [1.54, 1.807) is 18.9 Å². The van der Waals surface area contributed by atoms with Gasteiger partial charge in [-0.25, -0.2) is 0 Å². The topological polar surface area (TPSA) is 36.3 Å². The van der Waals surface area contributed by atoms with Crippen molar-refractivity contribution >= 4 is 0 Å². The second-order valence-corrected chi connectivity index (χ2v) is 3.32. The van der Waals surface area contributed by atoms with Crippen LogP contribution in [0.4, 0.5) is 0 Å². The lowest BCUT2D eigenvalue weighted by atomic mass is 10.1. The fraction of sp³-hybridized carbons (Fsp3) is 0.250. The second kappa shape index (κ2) is 4.26. The molecule has 0 amide bonds. The smallest absolute Gasteiger partial charge is 0.170 e. The standard InChI is InChI=1S/C12H13N2O2/c1-14-8-7-10(13-14)9-5-4-6-11(15-2)12(9)16-3/h4-7H,1-3H3. The molecule has 4 nitrogen and oxygen atoms in total. The Morgan fingerprint density at radius 3 is 2.62 bits per heavy atom. The third-order valence-corrected chi connectivity index (χ3v) is 2.32. The molecule has 1 aromatic heterocycles. The molecule has 0 spiro atoms. The summed E-state index contributed by atoms with van der Waals surface area (Å²) in [6.45, 7) is 0. The molecule has 0 aliphatic rings. The maximum atomic E-state index is 5.34. The maximum Gasteiger partial charge on any atom is 0.170 e. The summed E-state index contributed by atoms with van der Waals surface area (Å²) in [6, 6.07) is 7.52. The van der Waals surface area contributed by atoms with Crippen LogP contribution in [-0.4, -0.2) is 24.0 Å². The van der Waals surface area contributed by atoms with Gasteiger partial charge in [-0.3, -0.25) is 4.68 Å². The van der Waals surface area contributed by atoms with E-state index in [1.807, 2.05) is 31.3 Å². The van der Waals surface area contributed by atoms with Gasteiger partial charge in [0.1, 0.15) is 0 Å². The van der Waals surface area contributed by atoms with Gasteiger partial charge in [0.25, 0.3) is 0 Å². The zero-order valence-corrected chi connectivity index (χ0v) is 9.52. The third kappa shape index (κ3) is 1.74. The van der Waals surface area contributed by atoms with Crippen molar-refractivity contribution in [2.45, 2.75) is 0 Å². The molecule has 0 aliphatic heterocycles. The molecule has 0 atom stereocenters. The van der Waals surface area contributed by atoms with E-state index in [0.717, 1.165) is 11.3 Å². The van der Waals surface area contributed by atoms with Crippen molar-refractivity contribution in [2.75, 3.05) is 14.2 Å². The van der Waals surface area contributed by atoms with Crippen molar-refractivity contribution in [1.82, 2.24) is 9.78 Å². The van der Waals surface area contributed by atoms with Crippen LogP contribution in [0.1, 0.15) is 0 Å². The van der Waals surface area contributed by atoms with Crippen LogP contribution in [-0.2, 0) is 7.05 Å². The number of aromatic nitrogens is 2. The summed E-state index contributed by atoms with van der Waals surface area (Å²) in [5.41, 5.74) is 1.72. The van der Waals surface area contributed by atoms with Gasteiger partial charge in [0.15, 0.2) is 11.5 Å². The van der Waals surface area contributed by atoms with Crippen LogP contribution >= 0.6 is 0 Å². The van der Waals surface area contributed by atoms with Gasteiger partial charge in [0, 0.05) is 12.6 Å². The van der Waals surface area contributed by atoms with Crippen molar-refractivity contribution < 1.29 is 9.47 Å². The largest absolute Gasteiger partial charge is 0.493 e. The molecule has 0 bridgehead atoms. The van der Waals surface area contributed by atoms with E-state index in [-0.39, 0.29) is 0 Å². The van der Waals surface area contributed by atoms with Gasteiger partial charge in [-0.2, -0.15) is 5.10 Å². The Labute approximate surface area is 94.4 Å². The SMILES string of the molecule is COc1cccc(-c2c[c]n(C)n2)c1OC. The molecule has 1 aromatic carbocycles. The molecular formula is C12H13N2O2. The Kier molecular flexibility index (Phi) is 2.81. The number of hydrogen-bond donors (Lipinski definition) is 0. The highest BCUT2D eigenvalue weighted by Gasteiger charge is 2.12. The monoisotopic (exact) mass is 217 g/mol. The second-order valence-electron chi connectivity index (χ2n) is 3.32. The first-order valence-electron chi connectivity index (χ1n) is 4.89. The van der Waals surface area contributed by atoms with E-state index in [9.17, 15) is 0 Å². The third-order valence-electron chi connectivity index (χ3n) is 2.32. The van der Waals surface area contributed by atoms with Gasteiger partial charge >= 0.3 is 0 Å². The summed E-state index contributed by atoms with van der Waals surface area (Å²) >= 11 is 0. The van der Waals surface area contributed by atoms with Crippen molar-refractivity contribution in [3.8, 4) is 22.8 Å². The molecule has 0 fully saturated rings. The number of aryl methyl sites for hydroxylation is 1. The maximum absolute atomic E-state index is 5.34. The summed E-state index contributed by atoms with van der Waals surface area (Å²) < 4.78 is 12.2. The number of rotatable bonds is 3. The number of hydrogen-bond acceptors (Lipinski definition) is 3. The van der Waals surface area contributed by atoms with Gasteiger partial charge in [0.05, 0.1) is 26.1 Å². The minimum Gasteiger partial charge on any atom is -0.493 e. The summed E-state index contributed by atoms with van der Waals surface area (Å²) in [4.78, 5) is 0. The summed E-state index contributed by atoms with van der Waals surface area (Å²) in [6.07, 6.45) is 2.97. The van der Waals surface area contributed by atoms with Crippen molar-refractivity contribution in [3.05, 3.63) is 30.5 Å². The summed E-state index contributed by atoms with van der Waals surface area (Å²) in [7, 11) is 5.07. The fourth-order valence-electron chi connectivity index (χ4n) is 1.59. The number of methoxy groups -OCH3 is 2. The lowest BCUT2D eigenvalue weighted by Gasteiger charge is -2.10. The number of nitrogens with zero attached hydrogens (tertiary/aromatic N) is 2. The molecule has 0 saturated heterocycles. The van der Waals surface area contributed by atoms with Crippen LogP contribution in [0.25, 0.3) is 11.3 Å². The molecule has 0 N–H and O–H groups in total. The quantitative estimate of drug-likeness (QED) is 0.787. The molecule has 0 aliphatic carbocycles. The van der Waals surface area contributed by atoms with Gasteiger partial charge in [-0.1, -0.05) is 6.07 Å². The van der Waals surface area contributed by atoms with Crippen LogP contribution < -0.4 is 9.47 Å². The van der Waals surface area contributed by atoms with E-state index in [2.05, 4.69) is 11.3 Å². The Hall–Kier alpha value is -1.97. The molecule has 1 radical (unpaired) electrons. The molecule has 2 rings (SSSR count). The lowest BCUT2D eigenvalue weighted by molar-refractivity contribution is 0.356. The molecule has 2 aromatic rings. The highest BCUT2D eigenvalue weighted by atomic mass is 16.5. The van der Waals surface area contributed by atoms with Gasteiger partial charge < -0.3 is 9.47 Å². The molecular weight excluding hydrogens is 204 g/mol. The van der Waals surface area contributed by atoms with Crippen molar-refractivity contribution in [2.24, 2.45) is 7.05 Å². The lowest BCUT2D eigenvalue weighted by Crippen LogP contribution is -1.94. The minimum atomic E-state index is 0.692. The van der Waals surface area contributed by atoms with E-state index < -0.39 is 0 Å². The highest BCUT2D eigenvalue weighted by molar-refractivity contribution is 5.70. The number of benzene rings is 1. The van der Waals surface area contributed by atoms with E-state index in [0.29, 0.717) is 11.5 Å². The number of para-hydroxylation sites is 1. The van der Waals surface area contributed by atoms with Gasteiger partial charge in [0.2, 0.25) is 0 Å². The first-order valence-corrected chi connectivity index (χ1v) is 4.89. The summed E-state index contributed by atoms with van der Waals surface area (Å²) in [5, 5.41) is 4.29. The van der Waals surface area contributed by atoms with Crippen LogP contribution in [0.15, 0.2) is 24.3 Å². The van der Waals surface area contributed by atoms with E-state index in [4.69, 9.17) is 9.47 Å². The zero-order valence-electron chi connectivity index (χ0n) is 9.52. The van der Waals surface area contributed by atoms with Crippen molar-refractivity contribution in [1.29, 1.82) is 0 Å². The molecule has 1 heterocycles. The summed E-state index contributed by atoms with van der Waals surface area (Å²) in [5.74, 6) is 1.39.